The highest BCUT2D eigenvalue weighted by Gasteiger charge is 2.23. The van der Waals surface area contributed by atoms with E-state index >= 15 is 0 Å². The van der Waals surface area contributed by atoms with Crippen molar-refractivity contribution in [3.8, 4) is 17.2 Å². The van der Waals surface area contributed by atoms with E-state index < -0.39 is 14.3 Å². The first-order valence-electron chi connectivity index (χ1n) is 9.44. The van der Waals surface area contributed by atoms with Gasteiger partial charge in [0.2, 0.25) is 14.1 Å². The van der Waals surface area contributed by atoms with E-state index in [-0.39, 0.29) is 0 Å². The van der Waals surface area contributed by atoms with Gasteiger partial charge >= 0.3 is 5.97 Å². The fraction of sp³-hybridized carbons (Fsp3) is 0.550. The number of carbonyl (C=O) groups is 1. The number of ether oxygens (including phenoxy) is 3. The molecular formula is C20H34O6Si2. The van der Waals surface area contributed by atoms with Crippen LogP contribution in [0.2, 0.25) is 19.6 Å². The van der Waals surface area contributed by atoms with E-state index in [1.54, 1.807) is 27.4 Å². The van der Waals surface area contributed by atoms with Gasteiger partial charge in [-0.1, -0.05) is 19.0 Å². The third kappa shape index (κ3) is 6.68. The third-order valence-corrected chi connectivity index (χ3v) is 5.86. The van der Waals surface area contributed by atoms with Crippen LogP contribution in [0.3, 0.4) is 0 Å². The van der Waals surface area contributed by atoms with Gasteiger partial charge in [0.05, 0.1) is 21.3 Å². The van der Waals surface area contributed by atoms with Gasteiger partial charge in [0.1, 0.15) is 0 Å². The van der Waals surface area contributed by atoms with Crippen molar-refractivity contribution in [3.63, 3.8) is 0 Å². The number of hydrogen-bond acceptors (Lipinski definition) is 6. The van der Waals surface area contributed by atoms with Crippen molar-refractivity contribution < 1.29 is 28.5 Å². The summed E-state index contributed by atoms with van der Waals surface area (Å²) in [5.74, 6) is 1.80. The molecule has 1 rings (SSSR count). The predicted molar refractivity (Wildman–Crippen MR) is 118 cm³/mol. The summed E-state index contributed by atoms with van der Waals surface area (Å²) in [5, 5.41) is 1.12. The fourth-order valence-electron chi connectivity index (χ4n) is 2.75. The standard InChI is InChI=1S/C20H34O6Si2/c1-13(2)9-10-14-17(22-3)19(24-5)18(23-4)15(20(14)27)11-12-16(21)25-26-28(6,7)8/h11-13H,9-10H2,1-8,27H3/b12-11+. The van der Waals surface area contributed by atoms with Gasteiger partial charge in [-0.3, -0.25) is 0 Å². The first-order chi connectivity index (χ1) is 13.1. The predicted octanol–water partition coefficient (Wildman–Crippen LogP) is 2.61. The summed E-state index contributed by atoms with van der Waals surface area (Å²) in [5.41, 5.74) is 1.92. The molecule has 0 amide bonds. The van der Waals surface area contributed by atoms with E-state index in [1.807, 2.05) is 19.6 Å². The molecule has 6 nitrogen and oxygen atoms in total. The molecule has 8 heteroatoms. The molecule has 0 radical (unpaired) electrons. The van der Waals surface area contributed by atoms with Gasteiger partial charge in [-0.25, -0.2) is 9.37 Å². The van der Waals surface area contributed by atoms with Crippen molar-refractivity contribution >= 4 is 35.8 Å². The summed E-state index contributed by atoms with van der Waals surface area (Å²) < 4.78 is 22.1. The van der Waals surface area contributed by atoms with E-state index in [0.29, 0.717) is 23.2 Å². The Morgan fingerprint density at radius 3 is 2.07 bits per heavy atom. The second-order valence-electron chi connectivity index (χ2n) is 7.98. The van der Waals surface area contributed by atoms with Crippen LogP contribution in [-0.4, -0.2) is 45.9 Å². The van der Waals surface area contributed by atoms with Crippen LogP contribution in [0.25, 0.3) is 6.08 Å². The Morgan fingerprint density at radius 1 is 1.04 bits per heavy atom. The Bertz CT molecular complexity index is 708. The molecule has 0 aliphatic heterocycles. The quantitative estimate of drug-likeness (QED) is 0.248. The lowest BCUT2D eigenvalue weighted by Gasteiger charge is -2.22. The minimum absolute atomic E-state index is 0.537. The summed E-state index contributed by atoms with van der Waals surface area (Å²) in [6.45, 7) is 10.2. The lowest BCUT2D eigenvalue weighted by atomic mass is 9.98. The van der Waals surface area contributed by atoms with E-state index in [2.05, 4.69) is 13.8 Å². The second-order valence-corrected chi connectivity index (χ2v) is 13.4. The maximum absolute atomic E-state index is 12.1. The summed E-state index contributed by atoms with van der Waals surface area (Å²) in [4.78, 5) is 17.0. The Balaban J connectivity index is 3.37. The first kappa shape index (κ1) is 24.3. The van der Waals surface area contributed by atoms with Gasteiger partial charge in [-0.15, -0.1) is 0 Å². The van der Waals surface area contributed by atoms with Crippen molar-refractivity contribution in [2.75, 3.05) is 21.3 Å². The minimum Gasteiger partial charge on any atom is -0.492 e. The van der Waals surface area contributed by atoms with Gasteiger partial charge in [-0.2, -0.15) is 0 Å². The normalized spacial score (nSPS) is 11.9. The molecule has 0 saturated carbocycles. The molecule has 158 valence electrons. The molecule has 0 fully saturated rings. The number of carbonyl (C=O) groups excluding carboxylic acids is 1. The van der Waals surface area contributed by atoms with Crippen molar-refractivity contribution in [1.82, 2.24) is 0 Å². The number of methoxy groups -OCH3 is 3. The highest BCUT2D eigenvalue weighted by Crippen LogP contribution is 2.42. The molecule has 0 unspecified atom stereocenters. The van der Waals surface area contributed by atoms with Crippen LogP contribution in [0, 0.1) is 5.92 Å². The average molecular weight is 427 g/mol. The van der Waals surface area contributed by atoms with Gasteiger partial charge in [0.15, 0.2) is 11.5 Å². The van der Waals surface area contributed by atoms with Crippen molar-refractivity contribution in [2.24, 2.45) is 5.92 Å². The zero-order valence-electron chi connectivity index (χ0n) is 18.6. The van der Waals surface area contributed by atoms with Crippen LogP contribution in [0.5, 0.6) is 17.2 Å². The average Bonchev–Trinajstić information content (AvgIpc) is 2.62. The van der Waals surface area contributed by atoms with Gasteiger partial charge < -0.3 is 19.1 Å². The highest BCUT2D eigenvalue weighted by molar-refractivity contribution is 6.69. The van der Waals surface area contributed by atoms with Crippen LogP contribution in [-0.2, 0) is 20.7 Å². The lowest BCUT2D eigenvalue weighted by Crippen LogP contribution is -2.26. The van der Waals surface area contributed by atoms with Crippen molar-refractivity contribution in [1.29, 1.82) is 0 Å². The number of rotatable bonds is 10. The third-order valence-electron chi connectivity index (χ3n) is 4.13. The summed E-state index contributed by atoms with van der Waals surface area (Å²) in [6.07, 6.45) is 4.95. The largest absolute Gasteiger partial charge is 0.492 e. The molecule has 0 atom stereocenters. The van der Waals surface area contributed by atoms with Crippen LogP contribution < -0.4 is 19.4 Å². The van der Waals surface area contributed by atoms with Crippen molar-refractivity contribution in [3.05, 3.63) is 17.2 Å². The maximum Gasteiger partial charge on any atom is 0.364 e. The van der Waals surface area contributed by atoms with Crippen LogP contribution in [0.4, 0.5) is 0 Å². The van der Waals surface area contributed by atoms with Crippen molar-refractivity contribution in [2.45, 2.75) is 46.3 Å². The second kappa shape index (κ2) is 10.7. The molecule has 0 spiro atoms. The number of benzene rings is 1. The summed E-state index contributed by atoms with van der Waals surface area (Å²) >= 11 is 0. The molecule has 1 aromatic rings. The zero-order valence-corrected chi connectivity index (χ0v) is 21.6. The topological polar surface area (TPSA) is 63.2 Å². The minimum atomic E-state index is -1.95. The van der Waals surface area contributed by atoms with E-state index in [0.717, 1.165) is 39.4 Å². The van der Waals surface area contributed by atoms with Gasteiger partial charge in [0.25, 0.3) is 0 Å². The van der Waals surface area contributed by atoms with E-state index in [9.17, 15) is 4.79 Å². The van der Waals surface area contributed by atoms with Gasteiger partial charge in [-0.05, 0) is 50.0 Å². The van der Waals surface area contributed by atoms with E-state index in [4.69, 9.17) is 23.7 Å². The molecule has 0 N–H and O–H groups in total. The molecule has 0 heterocycles. The first-order valence-corrected chi connectivity index (χ1v) is 13.9. The van der Waals surface area contributed by atoms with Gasteiger partial charge in [0, 0.05) is 21.9 Å². The Labute approximate surface area is 172 Å². The van der Waals surface area contributed by atoms with Crippen LogP contribution in [0.15, 0.2) is 6.08 Å². The molecule has 0 aromatic heterocycles. The molecule has 0 aliphatic carbocycles. The monoisotopic (exact) mass is 426 g/mol. The summed E-state index contributed by atoms with van der Waals surface area (Å²) in [6, 6.07) is 0. The Morgan fingerprint density at radius 2 is 1.61 bits per heavy atom. The van der Waals surface area contributed by atoms with Crippen LogP contribution >= 0.6 is 0 Å². The Hall–Kier alpha value is -1.78. The summed E-state index contributed by atoms with van der Waals surface area (Å²) in [7, 11) is 3.61. The lowest BCUT2D eigenvalue weighted by molar-refractivity contribution is -0.213. The molecule has 0 aliphatic rings. The Kier molecular flexibility index (Phi) is 9.26. The molecule has 0 bridgehead atoms. The molecule has 0 saturated heterocycles. The number of hydrogen-bond donors (Lipinski definition) is 0. The highest BCUT2D eigenvalue weighted by atomic mass is 28.4. The zero-order chi connectivity index (χ0) is 21.5. The fourth-order valence-corrected chi connectivity index (χ4v) is 3.95. The molecule has 1 aromatic carbocycles. The maximum atomic E-state index is 12.1. The molecule has 28 heavy (non-hydrogen) atoms. The van der Waals surface area contributed by atoms with E-state index in [1.165, 1.54) is 6.08 Å². The smallest absolute Gasteiger partial charge is 0.364 e. The molecular weight excluding hydrogens is 392 g/mol. The SMILES string of the molecule is COc1c(/C=C/C(=O)OO[Si](C)(C)C)c([SiH3])c(CCC(C)C)c(OC)c1OC. The van der Waals surface area contributed by atoms with Crippen LogP contribution in [0.1, 0.15) is 31.4 Å².